The molecule has 1 rings (SSSR count). The van der Waals surface area contributed by atoms with Gasteiger partial charge in [-0.2, -0.15) is 0 Å². The molecule has 82 valence electrons. The maximum atomic E-state index is 11.6. The minimum atomic E-state index is -0.464. The van der Waals surface area contributed by atoms with Gasteiger partial charge in [0.2, 0.25) is 6.20 Å². The quantitative estimate of drug-likeness (QED) is 0.370. The van der Waals surface area contributed by atoms with Crippen molar-refractivity contribution < 1.29 is 19.5 Å². The lowest BCUT2D eigenvalue weighted by atomic mass is 10.1. The number of aromatic nitrogens is 1. The molecule has 0 aliphatic carbocycles. The summed E-state index contributed by atoms with van der Waals surface area (Å²) in [7, 11) is 0. The van der Waals surface area contributed by atoms with Crippen molar-refractivity contribution in [1.29, 1.82) is 0 Å². The van der Waals surface area contributed by atoms with E-state index in [9.17, 15) is 10.0 Å². The highest BCUT2D eigenvalue weighted by molar-refractivity contribution is 6.17. The molecule has 0 amide bonds. The predicted octanol–water partition coefficient (Wildman–Crippen LogP) is 1.44. The summed E-state index contributed by atoms with van der Waals surface area (Å²) in [5.41, 5.74) is 1.40. The molecule has 0 aliphatic heterocycles. The Kier molecular flexibility index (Phi) is 3.91. The molecular formula is C10H13ClNO3+. The van der Waals surface area contributed by atoms with Crippen LogP contribution in [-0.4, -0.2) is 17.8 Å². The average Bonchev–Trinajstić information content (AvgIpc) is 2.21. The van der Waals surface area contributed by atoms with E-state index in [1.165, 1.54) is 6.20 Å². The lowest BCUT2D eigenvalue weighted by molar-refractivity contribution is -0.909. The number of hydrogen-bond acceptors (Lipinski definition) is 3. The zero-order valence-electron chi connectivity index (χ0n) is 8.66. The number of rotatable bonds is 3. The fraction of sp³-hybridized carbons (Fsp3) is 0.400. The van der Waals surface area contributed by atoms with Crippen LogP contribution in [0.5, 0.6) is 0 Å². The van der Waals surface area contributed by atoms with Crippen LogP contribution in [0.2, 0.25) is 0 Å². The summed E-state index contributed by atoms with van der Waals surface area (Å²) in [6, 6.07) is 1.63. The number of halogens is 1. The van der Waals surface area contributed by atoms with Crippen molar-refractivity contribution in [3.8, 4) is 0 Å². The van der Waals surface area contributed by atoms with Gasteiger partial charge in [0.15, 0.2) is 0 Å². The molecule has 0 radical (unpaired) electrons. The smallest absolute Gasteiger partial charge is 0.345 e. The molecule has 1 N–H and O–H groups in total. The van der Waals surface area contributed by atoms with E-state index >= 15 is 0 Å². The Labute approximate surface area is 93.0 Å². The summed E-state index contributed by atoms with van der Waals surface area (Å²) in [6.45, 7) is 3.78. The van der Waals surface area contributed by atoms with Crippen LogP contribution in [-0.2, 0) is 10.6 Å². The first-order valence-corrected chi connectivity index (χ1v) is 5.11. The molecule has 0 fully saturated rings. The monoisotopic (exact) mass is 230 g/mol. The van der Waals surface area contributed by atoms with Crippen molar-refractivity contribution in [1.82, 2.24) is 0 Å². The first kappa shape index (κ1) is 11.8. The highest BCUT2D eigenvalue weighted by Gasteiger charge is 2.24. The minimum Gasteiger partial charge on any atom is -0.462 e. The van der Waals surface area contributed by atoms with Crippen molar-refractivity contribution in [2.75, 3.05) is 6.61 Å². The van der Waals surface area contributed by atoms with Crippen LogP contribution in [0.4, 0.5) is 0 Å². The largest absolute Gasteiger partial charge is 0.462 e. The Hall–Kier alpha value is -1.29. The number of carbonyl (C=O) groups is 1. The molecule has 1 heterocycles. The van der Waals surface area contributed by atoms with Gasteiger partial charge in [-0.15, -0.1) is 11.6 Å². The summed E-state index contributed by atoms with van der Waals surface area (Å²) in [5, 5.41) is 9.46. The molecule has 0 aromatic carbocycles. The van der Waals surface area contributed by atoms with E-state index in [1.54, 1.807) is 19.9 Å². The Morgan fingerprint density at radius 3 is 2.87 bits per heavy atom. The third-order valence-corrected chi connectivity index (χ3v) is 2.28. The topological polar surface area (TPSA) is 50.4 Å². The van der Waals surface area contributed by atoms with Gasteiger partial charge in [-0.05, 0) is 19.4 Å². The molecule has 1 aromatic rings. The van der Waals surface area contributed by atoms with Crippen LogP contribution >= 0.6 is 11.6 Å². The van der Waals surface area contributed by atoms with Gasteiger partial charge < -0.3 is 4.74 Å². The fourth-order valence-corrected chi connectivity index (χ4v) is 1.56. The summed E-state index contributed by atoms with van der Waals surface area (Å²) >= 11 is 5.66. The number of alkyl halides is 1. The maximum absolute atomic E-state index is 11.6. The van der Waals surface area contributed by atoms with Crippen molar-refractivity contribution >= 4 is 17.6 Å². The molecule has 0 aliphatic rings. The predicted molar refractivity (Wildman–Crippen MR) is 54.1 cm³/mol. The highest BCUT2D eigenvalue weighted by Crippen LogP contribution is 2.13. The van der Waals surface area contributed by atoms with Crippen molar-refractivity contribution in [3.05, 3.63) is 29.1 Å². The molecule has 0 spiro atoms. The van der Waals surface area contributed by atoms with Gasteiger partial charge in [-0.25, -0.2) is 4.79 Å². The molecular weight excluding hydrogens is 218 g/mol. The van der Waals surface area contributed by atoms with Gasteiger partial charge in [-0.3, -0.25) is 5.21 Å². The zero-order chi connectivity index (χ0) is 11.4. The van der Waals surface area contributed by atoms with Crippen LogP contribution in [0.1, 0.15) is 28.5 Å². The first-order chi connectivity index (χ1) is 7.11. The van der Waals surface area contributed by atoms with E-state index < -0.39 is 5.97 Å². The zero-order valence-corrected chi connectivity index (χ0v) is 9.41. The van der Waals surface area contributed by atoms with Crippen LogP contribution < -0.4 is 4.73 Å². The van der Waals surface area contributed by atoms with Gasteiger partial charge in [0.05, 0.1) is 6.61 Å². The van der Waals surface area contributed by atoms with Gasteiger partial charge in [0.25, 0.3) is 5.69 Å². The van der Waals surface area contributed by atoms with E-state index in [-0.39, 0.29) is 5.88 Å². The standard InChI is InChI=1S/C10H13ClNO3/c1-3-15-10(13)9-7(2)4-5-12(14)8(9)6-11/h4-5,14H,3,6H2,1-2H3/q+1. The number of esters is 1. The van der Waals surface area contributed by atoms with Gasteiger partial charge in [0, 0.05) is 10.8 Å². The highest BCUT2D eigenvalue weighted by atomic mass is 35.5. The van der Waals surface area contributed by atoms with E-state index in [1.807, 2.05) is 0 Å². The second kappa shape index (κ2) is 4.98. The number of pyridine rings is 1. The lowest BCUT2D eigenvalue weighted by Crippen LogP contribution is -2.37. The SMILES string of the molecule is CCOC(=O)c1c(C)cc[n+](O)c1CCl. The summed E-state index contributed by atoms with van der Waals surface area (Å²) < 4.78 is 5.72. The summed E-state index contributed by atoms with van der Waals surface area (Å²) in [4.78, 5) is 11.6. The van der Waals surface area contributed by atoms with E-state index in [4.69, 9.17) is 16.3 Å². The van der Waals surface area contributed by atoms with Crippen molar-refractivity contribution in [2.45, 2.75) is 19.7 Å². The van der Waals surface area contributed by atoms with Crippen LogP contribution in [0.3, 0.4) is 0 Å². The second-order valence-electron chi connectivity index (χ2n) is 3.02. The molecule has 0 atom stereocenters. The summed E-state index contributed by atoms with van der Waals surface area (Å²) in [5.74, 6) is -0.416. The molecule has 15 heavy (non-hydrogen) atoms. The second-order valence-corrected chi connectivity index (χ2v) is 3.29. The van der Waals surface area contributed by atoms with Gasteiger partial charge >= 0.3 is 5.97 Å². The Bertz CT molecular complexity index is 379. The van der Waals surface area contributed by atoms with Crippen LogP contribution in [0.15, 0.2) is 12.3 Å². The van der Waals surface area contributed by atoms with Crippen molar-refractivity contribution in [3.63, 3.8) is 0 Å². The normalized spacial score (nSPS) is 10.1. The Morgan fingerprint density at radius 2 is 2.33 bits per heavy atom. The Balaban J connectivity index is 3.24. The molecule has 0 saturated carbocycles. The van der Waals surface area contributed by atoms with E-state index in [0.29, 0.717) is 17.9 Å². The summed E-state index contributed by atoms with van der Waals surface area (Å²) in [6.07, 6.45) is 1.44. The molecule has 0 bridgehead atoms. The third-order valence-electron chi connectivity index (χ3n) is 2.03. The van der Waals surface area contributed by atoms with E-state index in [2.05, 4.69) is 0 Å². The molecule has 1 aromatic heterocycles. The number of aryl methyl sites for hydroxylation is 1. The molecule has 4 nitrogen and oxygen atoms in total. The maximum Gasteiger partial charge on any atom is 0.345 e. The molecule has 5 heteroatoms. The fourth-order valence-electron chi connectivity index (χ4n) is 1.31. The average molecular weight is 231 g/mol. The number of nitrogens with zero attached hydrogens (tertiary/aromatic N) is 1. The number of carbonyl (C=O) groups excluding carboxylic acids is 1. The van der Waals surface area contributed by atoms with Crippen molar-refractivity contribution in [2.24, 2.45) is 0 Å². The Morgan fingerprint density at radius 1 is 1.67 bits per heavy atom. The van der Waals surface area contributed by atoms with Crippen LogP contribution in [0.25, 0.3) is 0 Å². The molecule has 0 unspecified atom stereocenters. The van der Waals surface area contributed by atoms with Crippen LogP contribution in [0, 0.1) is 6.92 Å². The molecule has 0 saturated heterocycles. The number of hydrogen-bond donors (Lipinski definition) is 1. The lowest BCUT2D eigenvalue weighted by Gasteiger charge is -2.05. The first-order valence-electron chi connectivity index (χ1n) is 4.58. The van der Waals surface area contributed by atoms with Gasteiger partial charge in [0.1, 0.15) is 11.4 Å². The number of ether oxygens (including phenoxy) is 1. The van der Waals surface area contributed by atoms with E-state index in [0.717, 1.165) is 10.3 Å². The third kappa shape index (κ3) is 2.39. The van der Waals surface area contributed by atoms with Gasteiger partial charge in [-0.1, -0.05) is 0 Å². The minimum absolute atomic E-state index is 0.0479.